The fraction of sp³-hybridized carbons (Fsp3) is 0.625. The van der Waals surface area contributed by atoms with Crippen molar-refractivity contribution in [3.63, 3.8) is 0 Å². The fourth-order valence-corrected chi connectivity index (χ4v) is 4.88. The van der Waals surface area contributed by atoms with Crippen molar-refractivity contribution in [3.8, 4) is 0 Å². The van der Waals surface area contributed by atoms with Crippen LogP contribution in [0, 0.1) is 6.92 Å². The van der Waals surface area contributed by atoms with Crippen molar-refractivity contribution >= 4 is 10.0 Å². The molecule has 1 aliphatic rings. The molecule has 0 unspecified atom stereocenters. The molecule has 0 amide bonds. The Morgan fingerprint density at radius 1 is 1.32 bits per heavy atom. The number of sulfonamides is 1. The zero-order chi connectivity index (χ0) is 18.0. The van der Waals surface area contributed by atoms with Crippen LogP contribution in [0.5, 0.6) is 0 Å². The number of aryl methyl sites for hydroxylation is 2. The number of aliphatic hydroxyl groups excluding tert-OH is 1. The first kappa shape index (κ1) is 18.1. The minimum Gasteiger partial charge on any atom is -0.394 e. The van der Waals surface area contributed by atoms with Crippen molar-refractivity contribution in [3.05, 3.63) is 30.0 Å². The fourth-order valence-electron chi connectivity index (χ4n) is 3.42. The standard InChI is InChI=1S/C16H25N5O3S/c1-3-19-12-16(18-13(19)2)25(23,24)20-8-5-14(6-9-20)15-4-7-17-21(15)10-11-22/h4,7,12,14,22H,3,5-6,8-11H2,1-2H3. The Labute approximate surface area is 148 Å². The predicted octanol–water partition coefficient (Wildman–Crippen LogP) is 0.969. The van der Waals surface area contributed by atoms with E-state index in [-0.39, 0.29) is 17.6 Å². The van der Waals surface area contributed by atoms with Gasteiger partial charge in [-0.3, -0.25) is 4.68 Å². The summed E-state index contributed by atoms with van der Waals surface area (Å²) in [4.78, 5) is 4.23. The van der Waals surface area contributed by atoms with Crippen LogP contribution in [-0.4, -0.2) is 56.9 Å². The van der Waals surface area contributed by atoms with Crippen molar-refractivity contribution in [2.45, 2.75) is 50.7 Å². The van der Waals surface area contributed by atoms with Crippen LogP contribution in [0.25, 0.3) is 0 Å². The molecular formula is C16H25N5O3S. The summed E-state index contributed by atoms with van der Waals surface area (Å²) in [6, 6.07) is 1.96. The third kappa shape index (κ3) is 3.49. The van der Waals surface area contributed by atoms with Gasteiger partial charge >= 0.3 is 0 Å². The molecule has 8 nitrogen and oxygen atoms in total. The Balaban J connectivity index is 1.71. The molecule has 138 valence electrons. The monoisotopic (exact) mass is 367 g/mol. The minimum absolute atomic E-state index is 0.0430. The quantitative estimate of drug-likeness (QED) is 0.821. The molecule has 3 heterocycles. The second-order valence-electron chi connectivity index (χ2n) is 6.29. The molecule has 3 rings (SSSR count). The van der Waals surface area contributed by atoms with Crippen LogP contribution in [0.1, 0.15) is 37.2 Å². The van der Waals surface area contributed by atoms with Gasteiger partial charge in [0.25, 0.3) is 10.0 Å². The number of rotatable bonds is 6. The Morgan fingerprint density at radius 3 is 2.64 bits per heavy atom. The third-order valence-electron chi connectivity index (χ3n) is 4.83. The van der Waals surface area contributed by atoms with Crippen molar-refractivity contribution < 1.29 is 13.5 Å². The SMILES string of the molecule is CCn1cc(S(=O)(=O)N2CCC(c3ccnn3CCO)CC2)nc1C. The molecule has 1 saturated heterocycles. The summed E-state index contributed by atoms with van der Waals surface area (Å²) < 4.78 is 30.8. The highest BCUT2D eigenvalue weighted by atomic mass is 32.2. The van der Waals surface area contributed by atoms with Gasteiger partial charge in [0.15, 0.2) is 5.03 Å². The summed E-state index contributed by atoms with van der Waals surface area (Å²) in [7, 11) is -3.55. The maximum absolute atomic E-state index is 12.8. The van der Waals surface area contributed by atoms with Crippen molar-refractivity contribution in [2.75, 3.05) is 19.7 Å². The molecule has 2 aromatic rings. The first-order chi connectivity index (χ1) is 12.0. The number of imidazole rings is 1. The summed E-state index contributed by atoms with van der Waals surface area (Å²) in [5.74, 6) is 0.972. The van der Waals surface area contributed by atoms with Gasteiger partial charge in [-0.2, -0.15) is 9.40 Å². The van der Waals surface area contributed by atoms with Crippen molar-refractivity contribution in [1.29, 1.82) is 0 Å². The van der Waals surface area contributed by atoms with Crippen LogP contribution in [0.2, 0.25) is 0 Å². The number of hydrogen-bond acceptors (Lipinski definition) is 5. The molecule has 0 saturated carbocycles. The first-order valence-corrected chi connectivity index (χ1v) is 10.1. The first-order valence-electron chi connectivity index (χ1n) is 8.63. The number of aliphatic hydroxyl groups is 1. The average Bonchev–Trinajstić information content (AvgIpc) is 3.22. The van der Waals surface area contributed by atoms with E-state index in [0.29, 0.717) is 32.0 Å². The minimum atomic E-state index is -3.55. The largest absolute Gasteiger partial charge is 0.394 e. The molecule has 25 heavy (non-hydrogen) atoms. The summed E-state index contributed by atoms with van der Waals surface area (Å²) in [6.07, 6.45) is 4.83. The maximum atomic E-state index is 12.8. The predicted molar refractivity (Wildman–Crippen MR) is 92.7 cm³/mol. The van der Waals surface area contributed by atoms with E-state index in [4.69, 9.17) is 5.11 Å². The topological polar surface area (TPSA) is 93.2 Å². The van der Waals surface area contributed by atoms with E-state index in [9.17, 15) is 8.42 Å². The van der Waals surface area contributed by atoms with Crippen molar-refractivity contribution in [2.24, 2.45) is 0 Å². The van der Waals surface area contributed by atoms with E-state index in [1.54, 1.807) is 17.1 Å². The Bertz CT molecular complexity index is 819. The van der Waals surface area contributed by atoms with E-state index in [1.807, 2.05) is 24.5 Å². The smallest absolute Gasteiger partial charge is 0.262 e. The lowest BCUT2D eigenvalue weighted by molar-refractivity contribution is 0.260. The lowest BCUT2D eigenvalue weighted by Crippen LogP contribution is -2.38. The lowest BCUT2D eigenvalue weighted by atomic mass is 9.94. The van der Waals surface area contributed by atoms with Crippen molar-refractivity contribution in [1.82, 2.24) is 23.6 Å². The summed E-state index contributed by atoms with van der Waals surface area (Å²) in [5, 5.41) is 13.5. The number of aromatic nitrogens is 4. The van der Waals surface area contributed by atoms with E-state index in [1.165, 1.54) is 4.31 Å². The van der Waals surface area contributed by atoms with E-state index >= 15 is 0 Å². The van der Waals surface area contributed by atoms with Crippen LogP contribution in [0.15, 0.2) is 23.5 Å². The highest BCUT2D eigenvalue weighted by Crippen LogP contribution is 2.30. The third-order valence-corrected chi connectivity index (χ3v) is 6.60. The molecule has 0 aromatic carbocycles. The molecule has 0 atom stereocenters. The van der Waals surface area contributed by atoms with E-state index in [2.05, 4.69) is 10.1 Å². The molecule has 0 spiro atoms. The molecule has 0 bridgehead atoms. The second kappa shape index (κ2) is 7.27. The maximum Gasteiger partial charge on any atom is 0.262 e. The molecule has 0 radical (unpaired) electrons. The van der Waals surface area contributed by atoms with Crippen LogP contribution < -0.4 is 0 Å². The van der Waals surface area contributed by atoms with Crippen LogP contribution in [0.3, 0.4) is 0 Å². The highest BCUT2D eigenvalue weighted by Gasteiger charge is 2.32. The van der Waals surface area contributed by atoms with E-state index in [0.717, 1.165) is 18.5 Å². The molecule has 0 aliphatic carbocycles. The summed E-state index contributed by atoms with van der Waals surface area (Å²) >= 11 is 0. The second-order valence-corrected chi connectivity index (χ2v) is 8.18. The van der Waals surface area contributed by atoms with Gasteiger partial charge in [-0.05, 0) is 32.8 Å². The van der Waals surface area contributed by atoms with Gasteiger partial charge in [-0.25, -0.2) is 13.4 Å². The molecule has 1 aliphatic heterocycles. The van der Waals surface area contributed by atoms with Gasteiger partial charge in [0.1, 0.15) is 5.82 Å². The van der Waals surface area contributed by atoms with Crippen LogP contribution in [0.4, 0.5) is 0 Å². The molecule has 2 aromatic heterocycles. The lowest BCUT2D eigenvalue weighted by Gasteiger charge is -2.30. The molecule has 9 heteroatoms. The van der Waals surface area contributed by atoms with Gasteiger partial charge in [0.2, 0.25) is 0 Å². The van der Waals surface area contributed by atoms with Gasteiger partial charge in [-0.15, -0.1) is 0 Å². The molecule has 1 N–H and O–H groups in total. The van der Waals surface area contributed by atoms with Crippen LogP contribution >= 0.6 is 0 Å². The molecular weight excluding hydrogens is 342 g/mol. The highest BCUT2D eigenvalue weighted by molar-refractivity contribution is 7.89. The Kier molecular flexibility index (Phi) is 5.26. The Hall–Kier alpha value is -1.71. The number of nitrogens with zero attached hydrogens (tertiary/aromatic N) is 5. The zero-order valence-electron chi connectivity index (χ0n) is 14.7. The zero-order valence-corrected chi connectivity index (χ0v) is 15.5. The molecule has 1 fully saturated rings. The number of hydrogen-bond donors (Lipinski definition) is 1. The van der Waals surface area contributed by atoms with E-state index < -0.39 is 10.0 Å². The van der Waals surface area contributed by atoms with Gasteiger partial charge in [0.05, 0.1) is 13.2 Å². The Morgan fingerprint density at radius 2 is 2.04 bits per heavy atom. The number of piperidine rings is 1. The summed E-state index contributed by atoms with van der Waals surface area (Å²) in [5.41, 5.74) is 1.07. The summed E-state index contributed by atoms with van der Waals surface area (Å²) in [6.45, 7) is 5.93. The van der Waals surface area contributed by atoms with Crippen LogP contribution in [-0.2, 0) is 23.1 Å². The average molecular weight is 367 g/mol. The normalized spacial score (nSPS) is 17.2. The van der Waals surface area contributed by atoms with Gasteiger partial charge in [-0.1, -0.05) is 0 Å². The van der Waals surface area contributed by atoms with Gasteiger partial charge < -0.3 is 9.67 Å². The van der Waals surface area contributed by atoms with Gasteiger partial charge in [0, 0.05) is 43.6 Å².